The molecule has 0 spiro atoms. The minimum atomic E-state index is -4.17. The molecular formula is C11H13BrF3NO. The highest BCUT2D eigenvalue weighted by atomic mass is 79.9. The maximum atomic E-state index is 11.9. The minimum Gasteiger partial charge on any atom is -0.376 e. The SMILES string of the molecule is NCc1ccc(COCCC(F)(F)F)c(Br)c1. The van der Waals surface area contributed by atoms with Crippen LogP contribution in [-0.4, -0.2) is 12.8 Å². The van der Waals surface area contributed by atoms with E-state index in [-0.39, 0.29) is 13.2 Å². The molecule has 1 aromatic rings. The second kappa shape index (κ2) is 6.37. The molecule has 2 N–H and O–H groups in total. The second-order valence-electron chi connectivity index (χ2n) is 3.55. The number of rotatable bonds is 5. The molecule has 0 saturated heterocycles. The molecule has 1 rings (SSSR count). The van der Waals surface area contributed by atoms with E-state index in [1.807, 2.05) is 12.1 Å². The van der Waals surface area contributed by atoms with E-state index in [2.05, 4.69) is 15.9 Å². The monoisotopic (exact) mass is 311 g/mol. The quantitative estimate of drug-likeness (QED) is 0.846. The van der Waals surface area contributed by atoms with Gasteiger partial charge in [0.05, 0.1) is 19.6 Å². The van der Waals surface area contributed by atoms with Gasteiger partial charge < -0.3 is 10.5 Å². The van der Waals surface area contributed by atoms with Gasteiger partial charge in [0.1, 0.15) is 0 Å². The third kappa shape index (κ3) is 5.52. The van der Waals surface area contributed by atoms with Gasteiger partial charge in [-0.15, -0.1) is 0 Å². The van der Waals surface area contributed by atoms with Crippen LogP contribution in [0.5, 0.6) is 0 Å². The van der Waals surface area contributed by atoms with Crippen molar-refractivity contribution < 1.29 is 17.9 Å². The predicted octanol–water partition coefficient (Wildman–Crippen LogP) is 3.38. The van der Waals surface area contributed by atoms with Crippen molar-refractivity contribution in [2.45, 2.75) is 25.7 Å². The van der Waals surface area contributed by atoms with Crippen LogP contribution in [0.15, 0.2) is 22.7 Å². The van der Waals surface area contributed by atoms with Crippen molar-refractivity contribution in [1.82, 2.24) is 0 Å². The maximum absolute atomic E-state index is 11.9. The summed E-state index contributed by atoms with van der Waals surface area (Å²) in [5.74, 6) is 0. The van der Waals surface area contributed by atoms with Crippen molar-refractivity contribution in [1.29, 1.82) is 0 Å². The van der Waals surface area contributed by atoms with Gasteiger partial charge >= 0.3 is 6.18 Å². The zero-order valence-electron chi connectivity index (χ0n) is 9.06. The molecule has 0 unspecified atom stereocenters. The fraction of sp³-hybridized carbons (Fsp3) is 0.455. The van der Waals surface area contributed by atoms with Crippen LogP contribution in [0, 0.1) is 0 Å². The highest BCUT2D eigenvalue weighted by molar-refractivity contribution is 9.10. The number of nitrogens with two attached hydrogens (primary N) is 1. The van der Waals surface area contributed by atoms with Gasteiger partial charge in [0.25, 0.3) is 0 Å². The molecule has 0 aromatic heterocycles. The lowest BCUT2D eigenvalue weighted by Gasteiger charge is -2.09. The molecule has 0 heterocycles. The number of hydrogen-bond acceptors (Lipinski definition) is 2. The van der Waals surface area contributed by atoms with E-state index >= 15 is 0 Å². The normalized spacial score (nSPS) is 11.8. The van der Waals surface area contributed by atoms with Gasteiger partial charge in [0.2, 0.25) is 0 Å². The number of benzene rings is 1. The zero-order chi connectivity index (χ0) is 12.9. The lowest BCUT2D eigenvalue weighted by molar-refractivity contribution is -0.146. The molecule has 96 valence electrons. The van der Waals surface area contributed by atoms with Crippen LogP contribution in [0.1, 0.15) is 17.5 Å². The Bertz CT molecular complexity index is 368. The fourth-order valence-corrected chi connectivity index (χ4v) is 1.75. The van der Waals surface area contributed by atoms with Crippen LogP contribution in [0.25, 0.3) is 0 Å². The van der Waals surface area contributed by atoms with Crippen molar-refractivity contribution in [2.75, 3.05) is 6.61 Å². The summed E-state index contributed by atoms with van der Waals surface area (Å²) in [5, 5.41) is 0. The standard InChI is InChI=1S/C11H13BrF3NO/c12-10-5-8(6-16)1-2-9(10)7-17-4-3-11(13,14)15/h1-2,5H,3-4,6-7,16H2. The molecule has 17 heavy (non-hydrogen) atoms. The Balaban J connectivity index is 2.42. The summed E-state index contributed by atoms with van der Waals surface area (Å²) in [5.41, 5.74) is 7.23. The molecule has 0 aliphatic carbocycles. The highest BCUT2D eigenvalue weighted by Gasteiger charge is 2.26. The summed E-state index contributed by atoms with van der Waals surface area (Å²) in [4.78, 5) is 0. The van der Waals surface area contributed by atoms with Crippen molar-refractivity contribution >= 4 is 15.9 Å². The maximum Gasteiger partial charge on any atom is 0.391 e. The summed E-state index contributed by atoms with van der Waals surface area (Å²) < 4.78 is 41.3. The average molecular weight is 312 g/mol. The van der Waals surface area contributed by atoms with E-state index in [1.54, 1.807) is 6.07 Å². The van der Waals surface area contributed by atoms with E-state index in [9.17, 15) is 13.2 Å². The molecule has 0 saturated carbocycles. The molecule has 1 aromatic carbocycles. The molecule has 0 amide bonds. The van der Waals surface area contributed by atoms with E-state index in [1.165, 1.54) is 0 Å². The van der Waals surface area contributed by atoms with Crippen molar-refractivity contribution in [3.8, 4) is 0 Å². The molecule has 0 atom stereocenters. The largest absolute Gasteiger partial charge is 0.391 e. The highest BCUT2D eigenvalue weighted by Crippen LogP contribution is 2.21. The Morgan fingerprint density at radius 2 is 2.00 bits per heavy atom. The minimum absolute atomic E-state index is 0.154. The summed E-state index contributed by atoms with van der Waals surface area (Å²) in [7, 11) is 0. The Labute approximate surface area is 106 Å². The van der Waals surface area contributed by atoms with E-state index in [4.69, 9.17) is 10.5 Å². The van der Waals surface area contributed by atoms with Crippen LogP contribution in [0.4, 0.5) is 13.2 Å². The third-order valence-corrected chi connectivity index (χ3v) is 2.88. The van der Waals surface area contributed by atoms with Gasteiger partial charge in [-0.25, -0.2) is 0 Å². The Kier molecular flexibility index (Phi) is 5.42. The first kappa shape index (κ1) is 14.5. The van der Waals surface area contributed by atoms with Gasteiger partial charge in [0, 0.05) is 11.0 Å². The summed E-state index contributed by atoms with van der Waals surface area (Å²) in [6.07, 6.45) is -5.09. The van der Waals surface area contributed by atoms with Crippen molar-refractivity contribution in [3.05, 3.63) is 33.8 Å². The first-order chi connectivity index (χ1) is 7.92. The van der Waals surface area contributed by atoms with E-state index in [0.29, 0.717) is 6.54 Å². The van der Waals surface area contributed by atoms with Crippen LogP contribution in [-0.2, 0) is 17.9 Å². The first-order valence-electron chi connectivity index (χ1n) is 5.04. The first-order valence-corrected chi connectivity index (χ1v) is 5.83. The number of halogens is 4. The Morgan fingerprint density at radius 1 is 1.29 bits per heavy atom. The predicted molar refractivity (Wildman–Crippen MR) is 62.4 cm³/mol. The summed E-state index contributed by atoms with van der Waals surface area (Å²) >= 11 is 3.32. The lowest BCUT2D eigenvalue weighted by atomic mass is 10.1. The van der Waals surface area contributed by atoms with Gasteiger partial charge in [-0.2, -0.15) is 13.2 Å². The van der Waals surface area contributed by atoms with Gasteiger partial charge in [-0.1, -0.05) is 28.1 Å². The topological polar surface area (TPSA) is 35.2 Å². The summed E-state index contributed by atoms with van der Waals surface area (Å²) in [6, 6.07) is 5.45. The molecular weight excluding hydrogens is 299 g/mol. The van der Waals surface area contributed by atoms with Crippen LogP contribution in [0.3, 0.4) is 0 Å². The Morgan fingerprint density at radius 3 is 2.53 bits per heavy atom. The third-order valence-electron chi connectivity index (χ3n) is 2.14. The number of alkyl halides is 3. The van der Waals surface area contributed by atoms with Gasteiger partial charge in [-0.3, -0.25) is 0 Å². The number of hydrogen-bond donors (Lipinski definition) is 1. The molecule has 0 bridgehead atoms. The molecule has 0 aliphatic heterocycles. The second-order valence-corrected chi connectivity index (χ2v) is 4.40. The molecule has 0 fully saturated rings. The lowest BCUT2D eigenvalue weighted by Crippen LogP contribution is -2.11. The molecule has 0 aliphatic rings. The van der Waals surface area contributed by atoms with E-state index in [0.717, 1.165) is 15.6 Å². The Hall–Kier alpha value is -0.590. The molecule has 0 radical (unpaired) electrons. The fourth-order valence-electron chi connectivity index (χ4n) is 1.20. The summed E-state index contributed by atoms with van der Waals surface area (Å²) in [6.45, 7) is 0.254. The van der Waals surface area contributed by atoms with Gasteiger partial charge in [-0.05, 0) is 17.2 Å². The van der Waals surface area contributed by atoms with Crippen molar-refractivity contribution in [3.63, 3.8) is 0 Å². The molecule has 2 nitrogen and oxygen atoms in total. The van der Waals surface area contributed by atoms with Crippen molar-refractivity contribution in [2.24, 2.45) is 5.73 Å². The number of ether oxygens (including phenoxy) is 1. The zero-order valence-corrected chi connectivity index (χ0v) is 10.6. The van der Waals surface area contributed by atoms with E-state index < -0.39 is 12.6 Å². The average Bonchev–Trinajstić information content (AvgIpc) is 2.24. The van der Waals surface area contributed by atoms with Crippen LogP contribution in [0.2, 0.25) is 0 Å². The van der Waals surface area contributed by atoms with Gasteiger partial charge in [0.15, 0.2) is 0 Å². The molecule has 6 heteroatoms. The smallest absolute Gasteiger partial charge is 0.376 e. The van der Waals surface area contributed by atoms with Crippen LogP contribution < -0.4 is 5.73 Å². The van der Waals surface area contributed by atoms with Crippen LogP contribution >= 0.6 is 15.9 Å².